The van der Waals surface area contributed by atoms with E-state index in [0.29, 0.717) is 6.04 Å². The van der Waals surface area contributed by atoms with Crippen LogP contribution in [0.25, 0.3) is 0 Å². The zero-order valence-electron chi connectivity index (χ0n) is 6.42. The van der Waals surface area contributed by atoms with Crippen LogP contribution in [-0.2, 0) is 4.74 Å². The van der Waals surface area contributed by atoms with E-state index in [1.54, 1.807) is 0 Å². The van der Waals surface area contributed by atoms with Crippen LogP contribution < -0.4 is 0 Å². The molecule has 0 saturated carbocycles. The van der Waals surface area contributed by atoms with Crippen molar-refractivity contribution in [3.05, 3.63) is 0 Å². The van der Waals surface area contributed by atoms with Gasteiger partial charge in [-0.25, -0.2) is 0 Å². The van der Waals surface area contributed by atoms with E-state index >= 15 is 0 Å². The van der Waals surface area contributed by atoms with Crippen LogP contribution in [0.5, 0.6) is 0 Å². The molecular weight excluding hydrogens is 146 g/mol. The standard InChI is InChI=1S/C7H15NOS/c1-7-2-4-9-5-3-8(7)6-10/h7,10H,2-6H2,1H3. The van der Waals surface area contributed by atoms with Crippen LogP contribution in [0, 0.1) is 0 Å². The molecule has 2 nitrogen and oxygen atoms in total. The molecule has 0 spiro atoms. The van der Waals surface area contributed by atoms with Gasteiger partial charge in [-0.2, -0.15) is 12.6 Å². The van der Waals surface area contributed by atoms with Gasteiger partial charge in [0.1, 0.15) is 0 Å². The number of nitrogens with zero attached hydrogens (tertiary/aromatic N) is 1. The summed E-state index contributed by atoms with van der Waals surface area (Å²) in [6.45, 7) is 5.03. The van der Waals surface area contributed by atoms with E-state index < -0.39 is 0 Å². The largest absolute Gasteiger partial charge is 0.380 e. The Morgan fingerprint density at radius 2 is 2.40 bits per heavy atom. The SMILES string of the molecule is CC1CCOCCN1CS. The van der Waals surface area contributed by atoms with Crippen LogP contribution in [0.2, 0.25) is 0 Å². The molecule has 60 valence electrons. The van der Waals surface area contributed by atoms with E-state index in [9.17, 15) is 0 Å². The van der Waals surface area contributed by atoms with Crippen LogP contribution in [0.15, 0.2) is 0 Å². The van der Waals surface area contributed by atoms with Crippen LogP contribution in [0.1, 0.15) is 13.3 Å². The van der Waals surface area contributed by atoms with E-state index in [1.807, 2.05) is 0 Å². The molecule has 0 aromatic rings. The molecule has 3 heteroatoms. The van der Waals surface area contributed by atoms with E-state index in [2.05, 4.69) is 24.5 Å². The number of ether oxygens (including phenoxy) is 1. The first-order chi connectivity index (χ1) is 4.84. The first-order valence-electron chi connectivity index (χ1n) is 3.77. The van der Waals surface area contributed by atoms with Gasteiger partial charge in [0.25, 0.3) is 0 Å². The predicted octanol–water partition coefficient (Wildman–Crippen LogP) is 0.985. The lowest BCUT2D eigenvalue weighted by atomic mass is 10.2. The van der Waals surface area contributed by atoms with E-state index in [-0.39, 0.29) is 0 Å². The van der Waals surface area contributed by atoms with Gasteiger partial charge >= 0.3 is 0 Å². The Morgan fingerprint density at radius 1 is 1.60 bits per heavy atom. The van der Waals surface area contributed by atoms with Gasteiger partial charge in [-0.15, -0.1) is 0 Å². The van der Waals surface area contributed by atoms with Gasteiger partial charge in [-0.05, 0) is 13.3 Å². The molecule has 0 aromatic carbocycles. The normalized spacial score (nSPS) is 30.0. The van der Waals surface area contributed by atoms with Crippen molar-refractivity contribution in [3.63, 3.8) is 0 Å². The maximum absolute atomic E-state index is 5.32. The highest BCUT2D eigenvalue weighted by Crippen LogP contribution is 2.08. The maximum Gasteiger partial charge on any atom is 0.0593 e. The fourth-order valence-electron chi connectivity index (χ4n) is 1.15. The zero-order chi connectivity index (χ0) is 7.40. The van der Waals surface area contributed by atoms with Crippen LogP contribution in [0.3, 0.4) is 0 Å². The Balaban J connectivity index is 2.35. The third-order valence-electron chi connectivity index (χ3n) is 2.01. The predicted molar refractivity (Wildman–Crippen MR) is 45.5 cm³/mol. The third kappa shape index (κ3) is 2.15. The van der Waals surface area contributed by atoms with Crippen molar-refractivity contribution < 1.29 is 4.74 Å². The quantitative estimate of drug-likeness (QED) is 0.576. The zero-order valence-corrected chi connectivity index (χ0v) is 7.31. The van der Waals surface area contributed by atoms with E-state index in [1.165, 1.54) is 0 Å². The molecule has 0 aromatic heterocycles. The van der Waals surface area contributed by atoms with Crippen LogP contribution in [-0.4, -0.2) is 36.6 Å². The summed E-state index contributed by atoms with van der Waals surface area (Å²) in [4.78, 5) is 2.33. The molecule has 1 aliphatic rings. The number of hydrogen-bond acceptors (Lipinski definition) is 3. The number of hydrogen-bond donors (Lipinski definition) is 1. The van der Waals surface area contributed by atoms with Crippen molar-refractivity contribution in [1.29, 1.82) is 0 Å². The lowest BCUT2D eigenvalue weighted by molar-refractivity contribution is 0.144. The van der Waals surface area contributed by atoms with Crippen molar-refractivity contribution in [3.8, 4) is 0 Å². The highest BCUT2D eigenvalue weighted by molar-refractivity contribution is 7.80. The van der Waals surface area contributed by atoms with Gasteiger partial charge in [0.15, 0.2) is 0 Å². The summed E-state index contributed by atoms with van der Waals surface area (Å²) < 4.78 is 5.32. The van der Waals surface area contributed by atoms with Crippen LogP contribution >= 0.6 is 12.6 Å². The monoisotopic (exact) mass is 161 g/mol. The summed E-state index contributed by atoms with van der Waals surface area (Å²) in [5.41, 5.74) is 0. The lowest BCUT2D eigenvalue weighted by Gasteiger charge is -2.23. The molecule has 1 heterocycles. The number of rotatable bonds is 1. The Morgan fingerprint density at radius 3 is 3.10 bits per heavy atom. The molecule has 1 saturated heterocycles. The second-order valence-corrected chi connectivity index (χ2v) is 2.99. The summed E-state index contributed by atoms with van der Waals surface area (Å²) in [5.74, 6) is 0.852. The minimum atomic E-state index is 0.639. The summed E-state index contributed by atoms with van der Waals surface area (Å²) in [6.07, 6.45) is 1.14. The molecule has 1 fully saturated rings. The highest BCUT2D eigenvalue weighted by Gasteiger charge is 2.14. The van der Waals surface area contributed by atoms with Gasteiger partial charge in [0, 0.05) is 25.1 Å². The Kier molecular flexibility index (Phi) is 3.52. The molecule has 0 bridgehead atoms. The fourth-order valence-corrected chi connectivity index (χ4v) is 1.57. The Bertz CT molecular complexity index is 99.6. The van der Waals surface area contributed by atoms with Gasteiger partial charge < -0.3 is 4.74 Å². The van der Waals surface area contributed by atoms with Crippen LogP contribution in [0.4, 0.5) is 0 Å². The summed E-state index contributed by atoms with van der Waals surface area (Å²) in [5, 5.41) is 0. The molecule has 0 aliphatic carbocycles. The Hall–Kier alpha value is 0.270. The highest BCUT2D eigenvalue weighted by atomic mass is 32.1. The molecule has 10 heavy (non-hydrogen) atoms. The second kappa shape index (κ2) is 4.21. The second-order valence-electron chi connectivity index (χ2n) is 2.70. The average Bonchev–Trinajstić information content (AvgIpc) is 2.13. The fraction of sp³-hybridized carbons (Fsp3) is 1.00. The molecule has 1 atom stereocenters. The minimum Gasteiger partial charge on any atom is -0.380 e. The van der Waals surface area contributed by atoms with Crippen molar-refractivity contribution in [1.82, 2.24) is 4.90 Å². The number of thiol groups is 1. The first kappa shape index (κ1) is 8.37. The van der Waals surface area contributed by atoms with Gasteiger partial charge in [0.05, 0.1) is 6.61 Å². The van der Waals surface area contributed by atoms with Crippen molar-refractivity contribution >= 4 is 12.6 Å². The van der Waals surface area contributed by atoms with E-state index in [0.717, 1.165) is 32.1 Å². The molecule has 0 N–H and O–H groups in total. The topological polar surface area (TPSA) is 12.5 Å². The average molecular weight is 161 g/mol. The third-order valence-corrected chi connectivity index (χ3v) is 2.37. The summed E-state index contributed by atoms with van der Waals surface area (Å²) in [6, 6.07) is 0.639. The van der Waals surface area contributed by atoms with Gasteiger partial charge in [-0.1, -0.05) is 0 Å². The summed E-state index contributed by atoms with van der Waals surface area (Å²) >= 11 is 4.24. The minimum absolute atomic E-state index is 0.639. The Labute approximate surface area is 68.0 Å². The van der Waals surface area contributed by atoms with Crippen molar-refractivity contribution in [2.45, 2.75) is 19.4 Å². The maximum atomic E-state index is 5.32. The van der Waals surface area contributed by atoms with Crippen molar-refractivity contribution in [2.24, 2.45) is 0 Å². The smallest absolute Gasteiger partial charge is 0.0593 e. The molecule has 1 rings (SSSR count). The van der Waals surface area contributed by atoms with Gasteiger partial charge in [0.2, 0.25) is 0 Å². The lowest BCUT2D eigenvalue weighted by Crippen LogP contribution is -2.32. The first-order valence-corrected chi connectivity index (χ1v) is 4.40. The molecule has 0 amide bonds. The van der Waals surface area contributed by atoms with E-state index in [4.69, 9.17) is 4.74 Å². The molecule has 1 unspecified atom stereocenters. The molecule has 1 aliphatic heterocycles. The van der Waals surface area contributed by atoms with Gasteiger partial charge in [-0.3, -0.25) is 4.90 Å². The molecular formula is C7H15NOS. The summed E-state index contributed by atoms with van der Waals surface area (Å²) in [7, 11) is 0. The van der Waals surface area contributed by atoms with Crippen molar-refractivity contribution in [2.75, 3.05) is 25.6 Å². The molecule has 0 radical (unpaired) electrons.